The molecule has 0 atom stereocenters. The Morgan fingerprint density at radius 2 is 1.76 bits per heavy atom. The highest BCUT2D eigenvalue weighted by Gasteiger charge is 2.29. The molecule has 2 aromatic carbocycles. The zero-order chi connectivity index (χ0) is 21.0. The molecule has 2 aromatic rings. The monoisotopic (exact) mass is 418 g/mol. The fraction of sp³-hybridized carbons (Fsp3) is 0.316. The van der Waals surface area contributed by atoms with Crippen LogP contribution in [0.4, 0.5) is 11.4 Å². The normalized spacial score (nSPS) is 15.8. The summed E-state index contributed by atoms with van der Waals surface area (Å²) in [4.78, 5) is 24.9. The van der Waals surface area contributed by atoms with E-state index in [1.54, 1.807) is 43.3 Å². The van der Waals surface area contributed by atoms with Gasteiger partial charge in [0.15, 0.2) is 0 Å². The number of anilines is 1. The Labute approximate surface area is 169 Å². The summed E-state index contributed by atoms with van der Waals surface area (Å²) in [7, 11) is -3.54. The van der Waals surface area contributed by atoms with Gasteiger partial charge in [0.2, 0.25) is 15.9 Å². The van der Waals surface area contributed by atoms with Crippen LogP contribution < -0.4 is 5.32 Å². The summed E-state index contributed by atoms with van der Waals surface area (Å²) in [5.41, 5.74) is 1.03. The number of piperazine rings is 1. The van der Waals surface area contributed by atoms with E-state index in [2.05, 4.69) is 5.32 Å². The number of carbonyl (C=O) groups is 1. The smallest absolute Gasteiger partial charge is 0.271 e. The number of amides is 1. The summed E-state index contributed by atoms with van der Waals surface area (Å²) < 4.78 is 26.7. The summed E-state index contributed by atoms with van der Waals surface area (Å²) in [6, 6.07) is 12.6. The zero-order valence-electron chi connectivity index (χ0n) is 15.9. The minimum atomic E-state index is -3.54. The second-order valence-electron chi connectivity index (χ2n) is 6.80. The molecular weight excluding hydrogens is 396 g/mol. The van der Waals surface area contributed by atoms with E-state index >= 15 is 0 Å². The maximum atomic E-state index is 12.7. The van der Waals surface area contributed by atoms with Gasteiger partial charge < -0.3 is 5.32 Å². The van der Waals surface area contributed by atoms with Crippen molar-refractivity contribution in [3.05, 3.63) is 64.2 Å². The summed E-state index contributed by atoms with van der Waals surface area (Å²) in [5.74, 6) is -0.298. The van der Waals surface area contributed by atoms with Crippen molar-refractivity contribution in [2.24, 2.45) is 0 Å². The van der Waals surface area contributed by atoms with Gasteiger partial charge in [-0.15, -0.1) is 0 Å². The van der Waals surface area contributed by atoms with Crippen molar-refractivity contribution < 1.29 is 18.1 Å². The number of nitro benzene ring substituents is 1. The average molecular weight is 418 g/mol. The predicted molar refractivity (Wildman–Crippen MR) is 108 cm³/mol. The first-order valence-electron chi connectivity index (χ1n) is 9.10. The fourth-order valence-corrected chi connectivity index (χ4v) is 4.56. The second kappa shape index (κ2) is 8.68. The van der Waals surface area contributed by atoms with E-state index in [-0.39, 0.29) is 23.0 Å². The number of carbonyl (C=O) groups excluding carboxylic acids is 1. The van der Waals surface area contributed by atoms with Gasteiger partial charge in [-0.05, 0) is 24.6 Å². The Morgan fingerprint density at radius 1 is 1.10 bits per heavy atom. The maximum absolute atomic E-state index is 12.7. The first-order chi connectivity index (χ1) is 13.8. The van der Waals surface area contributed by atoms with E-state index in [4.69, 9.17) is 0 Å². The van der Waals surface area contributed by atoms with Gasteiger partial charge in [-0.3, -0.25) is 19.8 Å². The molecule has 29 heavy (non-hydrogen) atoms. The molecule has 0 saturated carbocycles. The number of nitrogens with one attached hydrogen (secondary N) is 1. The van der Waals surface area contributed by atoms with Crippen LogP contribution in [-0.4, -0.2) is 61.2 Å². The van der Waals surface area contributed by atoms with Gasteiger partial charge in [-0.2, -0.15) is 4.31 Å². The van der Waals surface area contributed by atoms with E-state index in [0.717, 1.165) is 5.56 Å². The molecule has 1 heterocycles. The highest BCUT2D eigenvalue weighted by Crippen LogP contribution is 2.22. The summed E-state index contributed by atoms with van der Waals surface area (Å²) in [6.07, 6.45) is 0. The van der Waals surface area contributed by atoms with Crippen LogP contribution >= 0.6 is 0 Å². The molecular formula is C19H22N4O5S. The van der Waals surface area contributed by atoms with Crippen molar-refractivity contribution in [1.82, 2.24) is 9.21 Å². The lowest BCUT2D eigenvalue weighted by Crippen LogP contribution is -2.50. The van der Waals surface area contributed by atoms with E-state index in [1.165, 1.54) is 16.4 Å². The summed E-state index contributed by atoms with van der Waals surface area (Å²) in [5, 5.41) is 13.6. The third kappa shape index (κ3) is 4.97. The number of aryl methyl sites for hydroxylation is 1. The van der Waals surface area contributed by atoms with Crippen LogP contribution in [-0.2, 0) is 14.8 Å². The van der Waals surface area contributed by atoms with Crippen LogP contribution in [0.15, 0.2) is 53.4 Å². The molecule has 9 nitrogen and oxygen atoms in total. The maximum Gasteiger partial charge on any atom is 0.271 e. The molecule has 154 valence electrons. The van der Waals surface area contributed by atoms with Gasteiger partial charge in [0.05, 0.1) is 22.1 Å². The van der Waals surface area contributed by atoms with Gasteiger partial charge in [0.25, 0.3) is 5.69 Å². The molecule has 1 aliphatic rings. The molecule has 1 N–H and O–H groups in total. The van der Waals surface area contributed by atoms with Crippen LogP contribution in [0.3, 0.4) is 0 Å². The van der Waals surface area contributed by atoms with Crippen LogP contribution in [0.25, 0.3) is 0 Å². The van der Waals surface area contributed by atoms with Gasteiger partial charge >= 0.3 is 0 Å². The number of non-ortho nitro benzene ring substituents is 1. The molecule has 3 rings (SSSR count). The highest BCUT2D eigenvalue weighted by atomic mass is 32.2. The largest absolute Gasteiger partial charge is 0.324 e. The lowest BCUT2D eigenvalue weighted by atomic mass is 10.2. The number of rotatable bonds is 6. The lowest BCUT2D eigenvalue weighted by Gasteiger charge is -2.33. The van der Waals surface area contributed by atoms with Crippen molar-refractivity contribution in [3.63, 3.8) is 0 Å². The lowest BCUT2D eigenvalue weighted by molar-refractivity contribution is -0.384. The molecule has 1 fully saturated rings. The fourth-order valence-electron chi connectivity index (χ4n) is 3.12. The summed E-state index contributed by atoms with van der Waals surface area (Å²) in [6.45, 7) is 3.27. The number of hydrogen-bond donors (Lipinski definition) is 1. The molecule has 0 radical (unpaired) electrons. The Morgan fingerprint density at radius 3 is 2.38 bits per heavy atom. The molecule has 0 bridgehead atoms. The van der Waals surface area contributed by atoms with Crippen molar-refractivity contribution in [3.8, 4) is 0 Å². The van der Waals surface area contributed by atoms with Crippen LogP contribution in [0.1, 0.15) is 5.56 Å². The number of sulfonamides is 1. The van der Waals surface area contributed by atoms with E-state index in [1.807, 2.05) is 4.90 Å². The molecule has 10 heteroatoms. The second-order valence-corrected chi connectivity index (χ2v) is 8.74. The molecule has 0 aromatic heterocycles. The SMILES string of the molecule is Cc1ccc([N+](=O)[O-])cc1NC(=O)CN1CCN(S(=O)(=O)c2ccccc2)CC1. The molecule has 1 saturated heterocycles. The van der Waals surface area contributed by atoms with Crippen LogP contribution in [0.5, 0.6) is 0 Å². The Balaban J connectivity index is 1.57. The third-order valence-corrected chi connectivity index (χ3v) is 6.70. The number of hydrogen-bond acceptors (Lipinski definition) is 6. The molecule has 1 aliphatic heterocycles. The highest BCUT2D eigenvalue weighted by molar-refractivity contribution is 7.89. The van der Waals surface area contributed by atoms with E-state index < -0.39 is 14.9 Å². The Bertz CT molecular complexity index is 1000. The number of benzene rings is 2. The first-order valence-corrected chi connectivity index (χ1v) is 10.5. The Hall–Kier alpha value is -2.82. The quantitative estimate of drug-likeness (QED) is 0.566. The molecule has 0 unspecified atom stereocenters. The van der Waals surface area contributed by atoms with Crippen LogP contribution in [0, 0.1) is 17.0 Å². The zero-order valence-corrected chi connectivity index (χ0v) is 16.8. The van der Waals surface area contributed by atoms with Crippen molar-refractivity contribution in [2.45, 2.75) is 11.8 Å². The standard InChI is InChI=1S/C19H22N4O5S/c1-15-7-8-16(23(25)26)13-18(15)20-19(24)14-21-9-11-22(12-10-21)29(27,28)17-5-3-2-4-6-17/h2-8,13H,9-12,14H2,1H3,(H,20,24). The van der Waals surface area contributed by atoms with Gasteiger partial charge in [0.1, 0.15) is 0 Å². The van der Waals surface area contributed by atoms with Gasteiger partial charge in [0, 0.05) is 38.3 Å². The van der Waals surface area contributed by atoms with E-state index in [9.17, 15) is 23.3 Å². The molecule has 0 aliphatic carbocycles. The summed E-state index contributed by atoms with van der Waals surface area (Å²) >= 11 is 0. The van der Waals surface area contributed by atoms with Crippen molar-refractivity contribution in [2.75, 3.05) is 38.0 Å². The number of nitrogens with zero attached hydrogens (tertiary/aromatic N) is 3. The average Bonchev–Trinajstić information content (AvgIpc) is 2.70. The first kappa shape index (κ1) is 20.9. The topological polar surface area (TPSA) is 113 Å². The number of nitro groups is 1. The molecule has 0 spiro atoms. The molecule has 1 amide bonds. The predicted octanol–water partition coefficient (Wildman–Crippen LogP) is 1.85. The van der Waals surface area contributed by atoms with Gasteiger partial charge in [-0.1, -0.05) is 24.3 Å². The Kier molecular flexibility index (Phi) is 6.26. The third-order valence-electron chi connectivity index (χ3n) is 4.79. The van der Waals surface area contributed by atoms with E-state index in [0.29, 0.717) is 31.9 Å². The van der Waals surface area contributed by atoms with Gasteiger partial charge in [-0.25, -0.2) is 8.42 Å². The minimum absolute atomic E-state index is 0.0847. The van der Waals surface area contributed by atoms with Crippen LogP contribution in [0.2, 0.25) is 0 Å². The van der Waals surface area contributed by atoms with Crippen molar-refractivity contribution >= 4 is 27.3 Å². The minimum Gasteiger partial charge on any atom is -0.324 e. The van der Waals surface area contributed by atoms with Crippen molar-refractivity contribution in [1.29, 1.82) is 0 Å².